The molecule has 2 aromatic rings. The molecule has 0 radical (unpaired) electrons. The molecule has 0 bridgehead atoms. The van der Waals surface area contributed by atoms with Crippen molar-refractivity contribution in [3.8, 4) is 11.5 Å². The average Bonchev–Trinajstić information content (AvgIpc) is 3.15. The standard InChI is InChI=1S/C13H12BrN5O3.C5H12O.C5H12.C2H6/c1-7-16-11(18-22-7)10-12(15-5-9(14)17-10)19(6-20)13(21)8-3-2-4-8;1-5(2,3)6-4;1-5(2,3)4;1-2/h5-6,8H,2-4H2,1H3;1-4H3;1-4H3;1-2H3. The van der Waals surface area contributed by atoms with Gasteiger partial charge in [-0.25, -0.2) is 14.9 Å². The van der Waals surface area contributed by atoms with Gasteiger partial charge in [0, 0.05) is 20.0 Å². The van der Waals surface area contributed by atoms with Crippen LogP contribution in [0.5, 0.6) is 0 Å². The molecule has 0 N–H and O–H groups in total. The Morgan fingerprint density at radius 3 is 2.00 bits per heavy atom. The number of aryl methyl sites for hydroxylation is 1. The molecule has 198 valence electrons. The van der Waals surface area contributed by atoms with Crippen LogP contribution in [-0.4, -0.2) is 45.1 Å². The van der Waals surface area contributed by atoms with Crippen LogP contribution < -0.4 is 4.90 Å². The molecule has 9 nitrogen and oxygen atoms in total. The van der Waals surface area contributed by atoms with Crippen LogP contribution in [0.2, 0.25) is 0 Å². The van der Waals surface area contributed by atoms with Crippen molar-refractivity contribution in [2.75, 3.05) is 12.0 Å². The van der Waals surface area contributed by atoms with Gasteiger partial charge in [-0.2, -0.15) is 4.98 Å². The van der Waals surface area contributed by atoms with Crippen LogP contribution in [0.4, 0.5) is 5.82 Å². The van der Waals surface area contributed by atoms with E-state index >= 15 is 0 Å². The van der Waals surface area contributed by atoms with Crippen molar-refractivity contribution in [3.05, 3.63) is 16.7 Å². The van der Waals surface area contributed by atoms with Crippen LogP contribution in [0.25, 0.3) is 11.5 Å². The van der Waals surface area contributed by atoms with Crippen LogP contribution in [0.3, 0.4) is 0 Å². The van der Waals surface area contributed by atoms with Gasteiger partial charge in [-0.1, -0.05) is 53.1 Å². The van der Waals surface area contributed by atoms with E-state index in [0.717, 1.165) is 24.2 Å². The smallest absolute Gasteiger partial charge is 0.237 e. The maximum atomic E-state index is 12.4. The maximum Gasteiger partial charge on any atom is 0.237 e. The first-order chi connectivity index (χ1) is 16.2. The Balaban J connectivity index is 0.000000742. The lowest BCUT2D eigenvalue weighted by atomic mass is 9.84. The van der Waals surface area contributed by atoms with Crippen molar-refractivity contribution >= 4 is 34.1 Å². The lowest BCUT2D eigenvalue weighted by Gasteiger charge is -2.28. The van der Waals surface area contributed by atoms with Crippen LogP contribution in [0.1, 0.15) is 87.5 Å². The molecule has 0 unspecified atom stereocenters. The number of nitrogens with zero attached hydrogens (tertiary/aromatic N) is 5. The summed E-state index contributed by atoms with van der Waals surface area (Å²) in [5.41, 5.74) is 0.756. The van der Waals surface area contributed by atoms with E-state index in [1.807, 2.05) is 34.6 Å². The average molecular weight is 557 g/mol. The molecule has 2 heterocycles. The number of carbonyl (C=O) groups is 2. The molecule has 0 aromatic carbocycles. The summed E-state index contributed by atoms with van der Waals surface area (Å²) in [6.07, 6.45) is 4.42. The summed E-state index contributed by atoms with van der Waals surface area (Å²) < 4.78 is 10.3. The third kappa shape index (κ3) is 12.9. The quantitative estimate of drug-likeness (QED) is 0.398. The minimum absolute atomic E-state index is 0.0417. The summed E-state index contributed by atoms with van der Waals surface area (Å²) in [4.78, 5) is 37.2. The van der Waals surface area contributed by atoms with E-state index in [4.69, 9.17) is 9.26 Å². The second-order valence-corrected chi connectivity index (χ2v) is 11.1. The molecule has 35 heavy (non-hydrogen) atoms. The highest BCUT2D eigenvalue weighted by atomic mass is 79.9. The Morgan fingerprint density at radius 2 is 1.66 bits per heavy atom. The number of carbonyl (C=O) groups excluding carboxylic acids is 2. The van der Waals surface area contributed by atoms with Crippen molar-refractivity contribution in [3.63, 3.8) is 0 Å². The fourth-order valence-corrected chi connectivity index (χ4v) is 2.42. The van der Waals surface area contributed by atoms with Gasteiger partial charge in [0.05, 0.1) is 11.8 Å². The molecule has 0 atom stereocenters. The number of amides is 2. The summed E-state index contributed by atoms with van der Waals surface area (Å²) in [5, 5.41) is 3.78. The molecule has 0 saturated heterocycles. The van der Waals surface area contributed by atoms with Crippen molar-refractivity contribution in [2.45, 2.75) is 94.1 Å². The van der Waals surface area contributed by atoms with E-state index < -0.39 is 0 Å². The van der Waals surface area contributed by atoms with Crippen molar-refractivity contribution in [1.29, 1.82) is 0 Å². The molecule has 10 heteroatoms. The number of hydrogen-bond donors (Lipinski definition) is 0. The van der Waals surface area contributed by atoms with Gasteiger partial charge in [0.25, 0.3) is 0 Å². The zero-order valence-electron chi connectivity index (χ0n) is 23.1. The molecule has 1 saturated carbocycles. The predicted molar refractivity (Wildman–Crippen MR) is 142 cm³/mol. The monoisotopic (exact) mass is 555 g/mol. The fourth-order valence-electron chi connectivity index (χ4n) is 2.14. The van der Waals surface area contributed by atoms with Crippen LogP contribution in [-0.2, 0) is 14.3 Å². The molecule has 0 aliphatic heterocycles. The number of aromatic nitrogens is 4. The van der Waals surface area contributed by atoms with Crippen molar-refractivity contribution < 1.29 is 18.8 Å². The molecule has 1 fully saturated rings. The lowest BCUT2D eigenvalue weighted by molar-refractivity contribution is -0.127. The number of halogens is 1. The van der Waals surface area contributed by atoms with E-state index in [9.17, 15) is 9.59 Å². The first kappa shape index (κ1) is 32.8. The van der Waals surface area contributed by atoms with E-state index in [1.165, 1.54) is 6.20 Å². The molecule has 1 aliphatic rings. The number of hydrogen-bond acceptors (Lipinski definition) is 8. The van der Waals surface area contributed by atoms with Gasteiger partial charge in [0.1, 0.15) is 4.60 Å². The largest absolute Gasteiger partial charge is 0.379 e. The first-order valence-corrected chi connectivity index (χ1v) is 12.6. The molecule has 2 amide bonds. The Morgan fingerprint density at radius 1 is 1.14 bits per heavy atom. The summed E-state index contributed by atoms with van der Waals surface area (Å²) in [7, 11) is 1.71. The first-order valence-electron chi connectivity index (χ1n) is 11.8. The van der Waals surface area contributed by atoms with Gasteiger partial charge in [-0.05, 0) is 55.0 Å². The van der Waals surface area contributed by atoms with E-state index in [2.05, 4.69) is 63.7 Å². The minimum Gasteiger partial charge on any atom is -0.379 e. The minimum atomic E-state index is -0.278. The highest BCUT2D eigenvalue weighted by molar-refractivity contribution is 9.10. The maximum absolute atomic E-state index is 12.4. The number of ether oxygens (including phenoxy) is 1. The zero-order valence-corrected chi connectivity index (χ0v) is 24.7. The van der Waals surface area contributed by atoms with Crippen molar-refractivity contribution in [1.82, 2.24) is 20.1 Å². The van der Waals surface area contributed by atoms with Gasteiger partial charge < -0.3 is 9.26 Å². The highest BCUT2D eigenvalue weighted by Crippen LogP contribution is 2.32. The molecule has 3 rings (SSSR count). The topological polar surface area (TPSA) is 111 Å². The van der Waals surface area contributed by atoms with Crippen molar-refractivity contribution in [2.24, 2.45) is 11.3 Å². The second-order valence-electron chi connectivity index (χ2n) is 10.3. The van der Waals surface area contributed by atoms with E-state index in [1.54, 1.807) is 14.0 Å². The molecule has 0 spiro atoms. The number of anilines is 1. The third-order valence-electron chi connectivity index (χ3n) is 4.10. The third-order valence-corrected chi connectivity index (χ3v) is 4.48. The Labute approximate surface area is 218 Å². The van der Waals surface area contributed by atoms with Gasteiger partial charge in [-0.15, -0.1) is 0 Å². The van der Waals surface area contributed by atoms with Gasteiger partial charge in [-0.3, -0.25) is 9.59 Å². The Bertz CT molecular complexity index is 909. The van der Waals surface area contributed by atoms with E-state index in [-0.39, 0.29) is 34.8 Å². The van der Waals surface area contributed by atoms with Gasteiger partial charge in [0.15, 0.2) is 11.5 Å². The van der Waals surface area contributed by atoms with Gasteiger partial charge in [0.2, 0.25) is 24.0 Å². The summed E-state index contributed by atoms with van der Waals surface area (Å²) in [6.45, 7) is 20.4. The number of imide groups is 1. The zero-order chi connectivity index (χ0) is 27.4. The van der Waals surface area contributed by atoms with Crippen LogP contribution in [0, 0.1) is 18.3 Å². The molecular weight excluding hydrogens is 514 g/mol. The van der Waals surface area contributed by atoms with Gasteiger partial charge >= 0.3 is 0 Å². The number of methoxy groups -OCH3 is 1. The lowest BCUT2D eigenvalue weighted by Crippen LogP contribution is -2.39. The highest BCUT2D eigenvalue weighted by Gasteiger charge is 2.33. The van der Waals surface area contributed by atoms with E-state index in [0.29, 0.717) is 22.3 Å². The Kier molecular flexibility index (Phi) is 14.1. The SMILES string of the molecule is CC.CC(C)(C)C.COC(C)(C)C.Cc1nc(-c2nc(Br)cnc2N(C=O)C(=O)C2CCC2)no1. The number of rotatable bonds is 4. The van der Waals surface area contributed by atoms with Crippen LogP contribution in [0.15, 0.2) is 15.3 Å². The van der Waals surface area contributed by atoms with Crippen LogP contribution >= 0.6 is 15.9 Å². The molecular formula is C25H42BrN5O4. The Hall–Kier alpha value is -2.20. The molecule has 2 aromatic heterocycles. The normalized spacial score (nSPS) is 13.0. The predicted octanol–water partition coefficient (Wildman–Crippen LogP) is 6.40. The summed E-state index contributed by atoms with van der Waals surface area (Å²) in [5.74, 6) is 0.214. The fraction of sp³-hybridized carbons (Fsp3) is 0.680. The molecule has 1 aliphatic carbocycles. The summed E-state index contributed by atoms with van der Waals surface area (Å²) >= 11 is 3.21. The summed E-state index contributed by atoms with van der Waals surface area (Å²) in [6, 6.07) is 0. The second kappa shape index (κ2) is 15.0.